The molecule has 1 fully saturated rings. The summed E-state index contributed by atoms with van der Waals surface area (Å²) in [6, 6.07) is 0.480. The zero-order valence-electron chi connectivity index (χ0n) is 15.5. The van der Waals surface area contributed by atoms with Gasteiger partial charge in [0.05, 0.1) is 12.2 Å². The predicted molar refractivity (Wildman–Crippen MR) is 95.0 cm³/mol. The van der Waals surface area contributed by atoms with E-state index in [0.29, 0.717) is 25.6 Å². The molecule has 1 saturated carbocycles. The molecule has 0 spiro atoms. The lowest BCUT2D eigenvalue weighted by Crippen LogP contribution is -2.27. The minimum absolute atomic E-state index is 0.0170. The van der Waals surface area contributed by atoms with Crippen LogP contribution in [-0.4, -0.2) is 30.5 Å². The molecule has 0 unspecified atom stereocenters. The van der Waals surface area contributed by atoms with Crippen LogP contribution in [0.3, 0.4) is 0 Å². The fourth-order valence-electron chi connectivity index (χ4n) is 3.53. The highest BCUT2D eigenvalue weighted by Crippen LogP contribution is 2.28. The maximum absolute atomic E-state index is 12.2. The number of carbonyl (C=O) groups excluding carboxylic acids is 1. The van der Waals surface area contributed by atoms with Crippen molar-refractivity contribution in [2.24, 2.45) is 0 Å². The highest BCUT2D eigenvalue weighted by atomic mass is 16.1. The topological polar surface area (TPSA) is 77.6 Å². The molecule has 0 radical (unpaired) electrons. The third-order valence-corrected chi connectivity index (χ3v) is 5.35. The van der Waals surface area contributed by atoms with E-state index in [9.17, 15) is 4.79 Å². The molecule has 0 bridgehead atoms. The van der Waals surface area contributed by atoms with Gasteiger partial charge in [-0.3, -0.25) is 9.48 Å². The minimum atomic E-state index is 0.0170. The normalized spacial score (nSPS) is 15.5. The molecule has 7 heteroatoms. The van der Waals surface area contributed by atoms with Crippen LogP contribution in [0.5, 0.6) is 0 Å². The first-order valence-corrected chi connectivity index (χ1v) is 9.22. The monoisotopic (exact) mass is 344 g/mol. The highest BCUT2D eigenvalue weighted by Gasteiger charge is 2.18. The Bertz CT molecular complexity index is 726. The molecule has 0 aliphatic heterocycles. The Morgan fingerprint density at radius 3 is 2.68 bits per heavy atom. The fraction of sp³-hybridized carbons (Fsp3) is 0.667. The third kappa shape index (κ3) is 4.08. The van der Waals surface area contributed by atoms with Gasteiger partial charge < -0.3 is 9.88 Å². The Balaban J connectivity index is 1.51. The maximum atomic E-state index is 12.2. The first-order chi connectivity index (χ1) is 12.1. The maximum Gasteiger partial charge on any atom is 0.222 e. The zero-order valence-corrected chi connectivity index (χ0v) is 15.5. The lowest BCUT2D eigenvalue weighted by atomic mass is 9.95. The Morgan fingerprint density at radius 1 is 1.24 bits per heavy atom. The van der Waals surface area contributed by atoms with Crippen LogP contribution >= 0.6 is 0 Å². The second-order valence-electron chi connectivity index (χ2n) is 6.99. The smallest absolute Gasteiger partial charge is 0.222 e. The molecular weight excluding hydrogens is 316 g/mol. The second kappa shape index (κ2) is 7.80. The average molecular weight is 344 g/mol. The summed E-state index contributed by atoms with van der Waals surface area (Å²) in [6.45, 7) is 7.14. The van der Waals surface area contributed by atoms with Gasteiger partial charge >= 0.3 is 0 Å². The summed E-state index contributed by atoms with van der Waals surface area (Å²) in [5, 5.41) is 15.7. The van der Waals surface area contributed by atoms with Gasteiger partial charge in [0.15, 0.2) is 5.82 Å². The van der Waals surface area contributed by atoms with Gasteiger partial charge in [0, 0.05) is 24.7 Å². The van der Waals surface area contributed by atoms with Crippen LogP contribution in [0.15, 0.2) is 6.33 Å². The number of nitrogens with one attached hydrogen (secondary N) is 1. The van der Waals surface area contributed by atoms with E-state index in [1.54, 1.807) is 6.33 Å². The largest absolute Gasteiger partial charge is 0.349 e. The van der Waals surface area contributed by atoms with E-state index in [1.807, 2.05) is 18.5 Å². The summed E-state index contributed by atoms with van der Waals surface area (Å²) in [5.74, 6) is 0.866. The summed E-state index contributed by atoms with van der Waals surface area (Å²) < 4.78 is 4.05. The van der Waals surface area contributed by atoms with Gasteiger partial charge in [0.25, 0.3) is 0 Å². The van der Waals surface area contributed by atoms with Gasteiger partial charge in [-0.05, 0) is 39.2 Å². The molecule has 136 valence electrons. The van der Waals surface area contributed by atoms with E-state index in [2.05, 4.69) is 32.1 Å². The van der Waals surface area contributed by atoms with E-state index < -0.39 is 0 Å². The molecule has 1 amide bonds. The highest BCUT2D eigenvalue weighted by molar-refractivity contribution is 5.75. The van der Waals surface area contributed by atoms with Crippen molar-refractivity contribution in [1.82, 2.24) is 29.9 Å². The number of hydrogen-bond acceptors (Lipinski definition) is 4. The molecular formula is C18H28N6O. The number of aryl methyl sites for hydroxylation is 2. The summed E-state index contributed by atoms with van der Waals surface area (Å²) in [5.41, 5.74) is 3.35. The minimum Gasteiger partial charge on any atom is -0.349 e. The van der Waals surface area contributed by atoms with Crippen molar-refractivity contribution in [2.75, 3.05) is 0 Å². The molecule has 1 aliphatic carbocycles. The van der Waals surface area contributed by atoms with Crippen molar-refractivity contribution in [2.45, 2.75) is 78.4 Å². The number of amides is 1. The van der Waals surface area contributed by atoms with Crippen molar-refractivity contribution in [3.63, 3.8) is 0 Å². The summed E-state index contributed by atoms with van der Waals surface area (Å²) in [7, 11) is 0. The van der Waals surface area contributed by atoms with Gasteiger partial charge in [0.1, 0.15) is 6.33 Å². The van der Waals surface area contributed by atoms with E-state index in [0.717, 1.165) is 17.2 Å². The SMILES string of the molecule is Cc1nn(CCC(=O)NCc2nncn2C2CCCCC2)c(C)c1C. The molecule has 1 aliphatic rings. The molecule has 0 aromatic carbocycles. The molecule has 0 saturated heterocycles. The molecule has 2 heterocycles. The lowest BCUT2D eigenvalue weighted by molar-refractivity contribution is -0.121. The van der Waals surface area contributed by atoms with Crippen molar-refractivity contribution in [3.05, 3.63) is 29.1 Å². The van der Waals surface area contributed by atoms with Crippen LogP contribution in [0.4, 0.5) is 0 Å². The van der Waals surface area contributed by atoms with Crippen LogP contribution < -0.4 is 5.32 Å². The van der Waals surface area contributed by atoms with Crippen molar-refractivity contribution >= 4 is 5.91 Å². The van der Waals surface area contributed by atoms with Crippen LogP contribution in [0, 0.1) is 20.8 Å². The zero-order chi connectivity index (χ0) is 17.8. The molecule has 3 rings (SSSR count). The molecule has 7 nitrogen and oxygen atoms in total. The van der Waals surface area contributed by atoms with Crippen molar-refractivity contribution in [3.8, 4) is 0 Å². The van der Waals surface area contributed by atoms with E-state index in [1.165, 1.54) is 37.7 Å². The number of rotatable bonds is 6. The van der Waals surface area contributed by atoms with Gasteiger partial charge in [-0.2, -0.15) is 5.10 Å². The summed E-state index contributed by atoms with van der Waals surface area (Å²) in [4.78, 5) is 12.2. The molecule has 25 heavy (non-hydrogen) atoms. The van der Waals surface area contributed by atoms with Crippen LogP contribution in [0.1, 0.15) is 67.3 Å². The molecule has 2 aromatic heterocycles. The van der Waals surface area contributed by atoms with E-state index in [-0.39, 0.29) is 5.91 Å². The average Bonchev–Trinajstić information content (AvgIpc) is 3.19. The third-order valence-electron chi connectivity index (χ3n) is 5.35. The Kier molecular flexibility index (Phi) is 5.50. The quantitative estimate of drug-likeness (QED) is 0.874. The van der Waals surface area contributed by atoms with Crippen LogP contribution in [0.25, 0.3) is 0 Å². The Labute approximate surface area is 148 Å². The van der Waals surface area contributed by atoms with Crippen LogP contribution in [-0.2, 0) is 17.9 Å². The number of aromatic nitrogens is 5. The van der Waals surface area contributed by atoms with Crippen molar-refractivity contribution in [1.29, 1.82) is 0 Å². The fourth-order valence-corrected chi connectivity index (χ4v) is 3.53. The molecule has 2 aromatic rings. The van der Waals surface area contributed by atoms with E-state index >= 15 is 0 Å². The van der Waals surface area contributed by atoms with Crippen molar-refractivity contribution < 1.29 is 4.79 Å². The predicted octanol–water partition coefficient (Wildman–Crippen LogP) is 2.61. The van der Waals surface area contributed by atoms with Crippen LogP contribution in [0.2, 0.25) is 0 Å². The number of carbonyl (C=O) groups is 1. The Morgan fingerprint density at radius 2 is 2.00 bits per heavy atom. The second-order valence-corrected chi connectivity index (χ2v) is 6.99. The van der Waals surface area contributed by atoms with Gasteiger partial charge in [-0.1, -0.05) is 19.3 Å². The summed E-state index contributed by atoms with van der Waals surface area (Å²) >= 11 is 0. The lowest BCUT2D eigenvalue weighted by Gasteiger charge is -2.24. The molecule has 0 atom stereocenters. The first-order valence-electron chi connectivity index (χ1n) is 9.22. The Hall–Kier alpha value is -2.18. The number of nitrogens with zero attached hydrogens (tertiary/aromatic N) is 5. The van der Waals surface area contributed by atoms with Gasteiger partial charge in [-0.15, -0.1) is 10.2 Å². The standard InChI is InChI=1S/C18H28N6O/c1-13-14(2)22-24(15(13)3)10-9-18(25)19-11-17-21-20-12-23(17)16-7-5-4-6-8-16/h12,16H,4-11H2,1-3H3,(H,19,25). The van der Waals surface area contributed by atoms with Gasteiger partial charge in [0.2, 0.25) is 5.91 Å². The first kappa shape index (κ1) is 17.6. The molecule has 1 N–H and O–H groups in total. The number of hydrogen-bond donors (Lipinski definition) is 1. The van der Waals surface area contributed by atoms with Gasteiger partial charge in [-0.25, -0.2) is 0 Å². The summed E-state index contributed by atoms with van der Waals surface area (Å²) in [6.07, 6.45) is 8.41. The van der Waals surface area contributed by atoms with E-state index in [4.69, 9.17) is 0 Å².